The van der Waals surface area contributed by atoms with Gasteiger partial charge in [0.25, 0.3) is 0 Å². The molecule has 1 aromatic heterocycles. The Morgan fingerprint density at radius 1 is 1.37 bits per heavy atom. The Hall–Kier alpha value is -1.32. The number of halogens is 1. The van der Waals surface area contributed by atoms with Crippen molar-refractivity contribution in [1.82, 2.24) is 9.78 Å². The third-order valence-electron chi connectivity index (χ3n) is 3.47. The number of benzene rings is 1. The molecule has 4 heteroatoms. The van der Waals surface area contributed by atoms with Gasteiger partial charge in [-0.25, -0.2) is 0 Å². The van der Waals surface area contributed by atoms with Crippen LogP contribution in [0.4, 0.5) is 0 Å². The predicted molar refractivity (Wildman–Crippen MR) is 79.3 cm³/mol. The molecule has 0 saturated carbocycles. The van der Waals surface area contributed by atoms with Crippen LogP contribution in [0, 0.1) is 6.92 Å². The van der Waals surface area contributed by atoms with Crippen molar-refractivity contribution >= 4 is 11.6 Å². The van der Waals surface area contributed by atoms with Crippen molar-refractivity contribution < 1.29 is 0 Å². The molecule has 1 aromatic carbocycles. The number of nitrogens with two attached hydrogens (primary N) is 1. The lowest BCUT2D eigenvalue weighted by Crippen LogP contribution is -2.17. The first kappa shape index (κ1) is 14.1. The normalized spacial score (nSPS) is 12.6. The molecule has 1 atom stereocenters. The van der Waals surface area contributed by atoms with Crippen LogP contribution in [0.2, 0.25) is 5.02 Å². The van der Waals surface area contributed by atoms with Crippen LogP contribution in [0.5, 0.6) is 0 Å². The van der Waals surface area contributed by atoms with E-state index in [2.05, 4.69) is 36.3 Å². The summed E-state index contributed by atoms with van der Waals surface area (Å²) in [5.74, 6) is 0. The van der Waals surface area contributed by atoms with Gasteiger partial charge >= 0.3 is 0 Å². The smallest absolute Gasteiger partial charge is 0.0834 e. The van der Waals surface area contributed by atoms with E-state index in [1.54, 1.807) is 6.20 Å². The molecule has 1 heterocycles. The van der Waals surface area contributed by atoms with E-state index in [4.69, 9.17) is 17.3 Å². The quantitative estimate of drug-likeness (QED) is 0.909. The highest BCUT2D eigenvalue weighted by molar-refractivity contribution is 6.31. The number of aryl methyl sites for hydroxylation is 3. The van der Waals surface area contributed by atoms with Gasteiger partial charge in [-0.3, -0.25) is 4.68 Å². The minimum absolute atomic E-state index is 0.0745. The van der Waals surface area contributed by atoms with E-state index in [1.807, 2.05) is 11.6 Å². The summed E-state index contributed by atoms with van der Waals surface area (Å²) in [6.45, 7) is 4.96. The Bertz CT molecular complexity index is 548. The van der Waals surface area contributed by atoms with Crippen LogP contribution in [0.25, 0.3) is 0 Å². The summed E-state index contributed by atoms with van der Waals surface area (Å²) in [6.07, 6.45) is 3.50. The minimum atomic E-state index is -0.0745. The molecule has 0 bridgehead atoms. The van der Waals surface area contributed by atoms with E-state index in [0.29, 0.717) is 5.02 Å². The Morgan fingerprint density at radius 2 is 2.11 bits per heavy atom. The predicted octanol–water partition coefficient (Wildman–Crippen LogP) is 3.50. The van der Waals surface area contributed by atoms with Crippen molar-refractivity contribution in [3.63, 3.8) is 0 Å². The van der Waals surface area contributed by atoms with E-state index >= 15 is 0 Å². The van der Waals surface area contributed by atoms with Crippen molar-refractivity contribution in [3.05, 3.63) is 52.3 Å². The van der Waals surface area contributed by atoms with Crippen molar-refractivity contribution in [2.45, 2.75) is 39.3 Å². The Balaban J connectivity index is 2.07. The highest BCUT2D eigenvalue weighted by atomic mass is 35.5. The van der Waals surface area contributed by atoms with E-state index in [1.165, 1.54) is 11.1 Å². The van der Waals surface area contributed by atoms with E-state index in [-0.39, 0.29) is 6.04 Å². The second kappa shape index (κ2) is 6.22. The standard InChI is InChI=1S/C15H20ClN3/c1-3-19-15(13(16)10-18-19)14(17)9-8-12-7-5-4-6-11(12)2/h4-7,10,14H,3,8-9,17H2,1-2H3. The maximum atomic E-state index is 6.27. The first-order valence-corrected chi connectivity index (χ1v) is 7.02. The van der Waals surface area contributed by atoms with Crippen molar-refractivity contribution in [1.29, 1.82) is 0 Å². The van der Waals surface area contributed by atoms with Crippen LogP contribution in [-0.4, -0.2) is 9.78 Å². The molecular formula is C15H20ClN3. The maximum Gasteiger partial charge on any atom is 0.0834 e. The fourth-order valence-electron chi connectivity index (χ4n) is 2.33. The van der Waals surface area contributed by atoms with Gasteiger partial charge in [-0.05, 0) is 37.8 Å². The van der Waals surface area contributed by atoms with Gasteiger partial charge in [0.2, 0.25) is 0 Å². The average Bonchev–Trinajstić information content (AvgIpc) is 2.78. The molecule has 0 aliphatic carbocycles. The molecule has 0 spiro atoms. The van der Waals surface area contributed by atoms with Gasteiger partial charge < -0.3 is 5.73 Å². The van der Waals surface area contributed by atoms with Gasteiger partial charge in [0.05, 0.1) is 16.9 Å². The van der Waals surface area contributed by atoms with Crippen LogP contribution < -0.4 is 5.73 Å². The lowest BCUT2D eigenvalue weighted by molar-refractivity contribution is 0.547. The molecule has 0 radical (unpaired) electrons. The second-order valence-electron chi connectivity index (χ2n) is 4.77. The van der Waals surface area contributed by atoms with Gasteiger partial charge in [0, 0.05) is 12.6 Å². The molecule has 0 aliphatic heterocycles. The van der Waals surface area contributed by atoms with Gasteiger partial charge in [-0.1, -0.05) is 35.9 Å². The number of hydrogen-bond donors (Lipinski definition) is 1. The van der Waals surface area contributed by atoms with E-state index < -0.39 is 0 Å². The zero-order valence-electron chi connectivity index (χ0n) is 11.4. The SMILES string of the molecule is CCn1ncc(Cl)c1C(N)CCc1ccccc1C. The molecule has 19 heavy (non-hydrogen) atoms. The monoisotopic (exact) mass is 277 g/mol. The van der Waals surface area contributed by atoms with Crippen LogP contribution in [-0.2, 0) is 13.0 Å². The molecule has 3 nitrogen and oxygen atoms in total. The van der Waals surface area contributed by atoms with Crippen LogP contribution in [0.3, 0.4) is 0 Å². The zero-order valence-corrected chi connectivity index (χ0v) is 12.2. The van der Waals surface area contributed by atoms with Crippen molar-refractivity contribution in [2.24, 2.45) is 5.73 Å². The van der Waals surface area contributed by atoms with Gasteiger partial charge in [0.15, 0.2) is 0 Å². The highest BCUT2D eigenvalue weighted by Gasteiger charge is 2.16. The molecule has 2 rings (SSSR count). The molecule has 2 aromatic rings. The second-order valence-corrected chi connectivity index (χ2v) is 5.17. The van der Waals surface area contributed by atoms with Gasteiger partial charge in [-0.15, -0.1) is 0 Å². The van der Waals surface area contributed by atoms with Gasteiger partial charge in [-0.2, -0.15) is 5.10 Å². The molecule has 0 saturated heterocycles. The summed E-state index contributed by atoms with van der Waals surface area (Å²) in [5, 5.41) is 4.90. The maximum absolute atomic E-state index is 6.27. The number of aromatic nitrogens is 2. The molecule has 102 valence electrons. The summed E-state index contributed by atoms with van der Waals surface area (Å²) in [7, 11) is 0. The van der Waals surface area contributed by atoms with Crippen molar-refractivity contribution in [2.75, 3.05) is 0 Å². The lowest BCUT2D eigenvalue weighted by Gasteiger charge is -2.15. The number of nitrogens with zero attached hydrogens (tertiary/aromatic N) is 2. The first-order chi connectivity index (χ1) is 9.13. The minimum Gasteiger partial charge on any atom is -0.323 e. The van der Waals surface area contributed by atoms with Crippen LogP contribution in [0.15, 0.2) is 30.5 Å². The third-order valence-corrected chi connectivity index (χ3v) is 3.76. The fraction of sp³-hybridized carbons (Fsp3) is 0.400. The van der Waals surface area contributed by atoms with Crippen LogP contribution >= 0.6 is 11.6 Å². The molecular weight excluding hydrogens is 258 g/mol. The molecule has 0 fully saturated rings. The average molecular weight is 278 g/mol. The third kappa shape index (κ3) is 3.17. The topological polar surface area (TPSA) is 43.8 Å². The number of hydrogen-bond acceptors (Lipinski definition) is 2. The molecule has 2 N–H and O–H groups in total. The molecule has 0 amide bonds. The molecule has 1 unspecified atom stereocenters. The van der Waals surface area contributed by atoms with Crippen LogP contribution in [0.1, 0.15) is 36.2 Å². The largest absolute Gasteiger partial charge is 0.323 e. The molecule has 0 aliphatic rings. The highest BCUT2D eigenvalue weighted by Crippen LogP contribution is 2.25. The summed E-state index contributed by atoms with van der Waals surface area (Å²) in [4.78, 5) is 0. The number of rotatable bonds is 5. The van der Waals surface area contributed by atoms with E-state index in [0.717, 1.165) is 25.1 Å². The van der Waals surface area contributed by atoms with Crippen molar-refractivity contribution in [3.8, 4) is 0 Å². The Labute approximate surface area is 119 Å². The summed E-state index contributed by atoms with van der Waals surface area (Å²) < 4.78 is 1.88. The Kier molecular flexibility index (Phi) is 4.61. The first-order valence-electron chi connectivity index (χ1n) is 6.64. The van der Waals surface area contributed by atoms with Gasteiger partial charge in [0.1, 0.15) is 0 Å². The Morgan fingerprint density at radius 3 is 2.79 bits per heavy atom. The summed E-state index contributed by atoms with van der Waals surface area (Å²) in [5.41, 5.74) is 9.87. The summed E-state index contributed by atoms with van der Waals surface area (Å²) >= 11 is 6.17. The van der Waals surface area contributed by atoms with E-state index in [9.17, 15) is 0 Å². The lowest BCUT2D eigenvalue weighted by atomic mass is 10.00. The zero-order chi connectivity index (χ0) is 13.8. The fourth-order valence-corrected chi connectivity index (χ4v) is 2.61. The summed E-state index contributed by atoms with van der Waals surface area (Å²) in [6, 6.07) is 8.33.